The number of thioether (sulfide) groups is 1. The fourth-order valence-electron chi connectivity index (χ4n) is 3.52. The van der Waals surface area contributed by atoms with Crippen molar-refractivity contribution in [1.29, 1.82) is 0 Å². The summed E-state index contributed by atoms with van der Waals surface area (Å²) >= 11 is 1.22. The largest absolute Gasteiger partial charge is 0.379 e. The quantitative estimate of drug-likeness (QED) is 0.276. The second-order valence-electron chi connectivity index (χ2n) is 7.94. The monoisotopic (exact) mass is 500 g/mol. The first kappa shape index (κ1) is 22.9. The molecule has 4 aromatic rings. The molecule has 8 heteroatoms. The number of carbonyl (C=O) groups is 1. The predicted octanol–water partition coefficient (Wildman–Crippen LogP) is 5.81. The van der Waals surface area contributed by atoms with Gasteiger partial charge in [-0.1, -0.05) is 60.2 Å². The Hall–Kier alpha value is -3.88. The summed E-state index contributed by atoms with van der Waals surface area (Å²) in [6.07, 6.45) is 1.67. The normalized spacial score (nSPS) is 16.1. The first-order chi connectivity index (χ1) is 16.9. The Kier molecular flexibility index (Phi) is 6.15. The van der Waals surface area contributed by atoms with Crippen molar-refractivity contribution in [3.8, 4) is 5.75 Å². The van der Waals surface area contributed by atoms with Gasteiger partial charge in [-0.05, 0) is 77.5 Å². The van der Waals surface area contributed by atoms with Crippen molar-refractivity contribution in [3.05, 3.63) is 107 Å². The second kappa shape index (κ2) is 9.40. The maximum atomic E-state index is 12.9. The summed E-state index contributed by atoms with van der Waals surface area (Å²) < 4.78 is 31.1. The molecule has 0 saturated carbocycles. The third-order valence-corrected chi connectivity index (χ3v) is 7.44. The average molecular weight is 501 g/mol. The highest BCUT2D eigenvalue weighted by Gasteiger charge is 2.24. The minimum atomic E-state index is -4.03. The number of benzene rings is 4. The van der Waals surface area contributed by atoms with Crippen LogP contribution in [-0.4, -0.2) is 19.5 Å². The number of amides is 1. The van der Waals surface area contributed by atoms with E-state index in [4.69, 9.17) is 4.18 Å². The molecule has 0 spiro atoms. The molecule has 4 aromatic carbocycles. The van der Waals surface area contributed by atoms with Crippen molar-refractivity contribution < 1.29 is 17.4 Å². The van der Waals surface area contributed by atoms with Gasteiger partial charge in [-0.3, -0.25) is 4.79 Å². The maximum Gasteiger partial charge on any atom is 0.339 e. The minimum absolute atomic E-state index is 0.0719. The number of aryl methyl sites for hydroxylation is 1. The number of nitrogens with one attached hydrogen (secondary N) is 1. The zero-order chi connectivity index (χ0) is 24.4. The van der Waals surface area contributed by atoms with Crippen LogP contribution in [0.2, 0.25) is 0 Å². The number of carbonyl (C=O) groups excluding carboxylic acids is 1. The van der Waals surface area contributed by atoms with Gasteiger partial charge in [0.2, 0.25) is 0 Å². The third-order valence-electron chi connectivity index (χ3n) is 5.29. The number of hydrogen-bond donors (Lipinski definition) is 1. The maximum absolute atomic E-state index is 12.9. The summed E-state index contributed by atoms with van der Waals surface area (Å²) in [5.74, 6) is -0.111. The van der Waals surface area contributed by atoms with Crippen molar-refractivity contribution in [2.45, 2.75) is 11.8 Å². The van der Waals surface area contributed by atoms with Gasteiger partial charge in [0.1, 0.15) is 10.6 Å². The summed E-state index contributed by atoms with van der Waals surface area (Å²) in [7, 11) is -4.03. The molecule has 0 unspecified atom stereocenters. The lowest BCUT2D eigenvalue weighted by Crippen LogP contribution is -2.19. The van der Waals surface area contributed by atoms with Crippen LogP contribution in [0, 0.1) is 6.92 Å². The number of fused-ring (bicyclic) bond motifs is 1. The standard InChI is InChI=1S/C27H20N2O4S2/c1-18-9-12-22(13-10-18)28-27-29-26(30)25(34-27)16-19-5-4-8-23(15-19)33-35(31,32)24-14-11-20-6-2-3-7-21(20)17-24/h2-17H,1H3,(H,28,29,30)/b25-16-. The fourth-order valence-corrected chi connectivity index (χ4v) is 5.32. The van der Waals surface area contributed by atoms with Crippen molar-refractivity contribution >= 4 is 55.5 Å². The highest BCUT2D eigenvalue weighted by molar-refractivity contribution is 8.18. The summed E-state index contributed by atoms with van der Waals surface area (Å²) in [6.45, 7) is 1.99. The van der Waals surface area contributed by atoms with Gasteiger partial charge in [-0.15, -0.1) is 0 Å². The van der Waals surface area contributed by atoms with Crippen LogP contribution >= 0.6 is 11.8 Å². The topological polar surface area (TPSA) is 84.8 Å². The van der Waals surface area contributed by atoms with Gasteiger partial charge in [-0.2, -0.15) is 8.42 Å². The summed E-state index contributed by atoms with van der Waals surface area (Å²) in [5, 5.41) is 4.99. The zero-order valence-electron chi connectivity index (χ0n) is 18.6. The van der Waals surface area contributed by atoms with E-state index in [9.17, 15) is 13.2 Å². The fraction of sp³-hybridized carbons (Fsp3) is 0.0370. The Morgan fingerprint density at radius 1 is 0.886 bits per heavy atom. The molecule has 1 fully saturated rings. The Balaban J connectivity index is 1.35. The van der Waals surface area contributed by atoms with Gasteiger partial charge >= 0.3 is 10.1 Å². The Morgan fingerprint density at radius 2 is 1.66 bits per heavy atom. The molecule has 174 valence electrons. The molecule has 0 aliphatic carbocycles. The van der Waals surface area contributed by atoms with E-state index in [2.05, 4.69) is 10.3 Å². The Morgan fingerprint density at radius 3 is 2.46 bits per heavy atom. The van der Waals surface area contributed by atoms with Crippen LogP contribution in [0.25, 0.3) is 16.8 Å². The number of rotatable bonds is 5. The van der Waals surface area contributed by atoms with Crippen LogP contribution in [0.1, 0.15) is 11.1 Å². The lowest BCUT2D eigenvalue weighted by molar-refractivity contribution is -0.115. The highest BCUT2D eigenvalue weighted by atomic mass is 32.2. The molecule has 1 heterocycles. The van der Waals surface area contributed by atoms with Crippen LogP contribution in [0.15, 0.2) is 106 Å². The van der Waals surface area contributed by atoms with Crippen LogP contribution in [0.5, 0.6) is 5.75 Å². The Bertz CT molecular complexity index is 1610. The van der Waals surface area contributed by atoms with Crippen LogP contribution in [-0.2, 0) is 14.9 Å². The molecule has 0 bridgehead atoms. The smallest absolute Gasteiger partial charge is 0.339 e. The van der Waals surface area contributed by atoms with Gasteiger partial charge in [0.05, 0.1) is 10.6 Å². The molecule has 0 radical (unpaired) electrons. The van der Waals surface area contributed by atoms with Gasteiger partial charge < -0.3 is 9.50 Å². The predicted molar refractivity (Wildman–Crippen MR) is 140 cm³/mol. The molecule has 1 amide bonds. The average Bonchev–Trinajstić information content (AvgIpc) is 3.18. The third kappa shape index (κ3) is 5.29. The molecule has 1 aliphatic rings. The lowest BCUT2D eigenvalue weighted by Gasteiger charge is -2.08. The van der Waals surface area contributed by atoms with Crippen molar-refractivity contribution in [2.75, 3.05) is 0 Å². The lowest BCUT2D eigenvalue weighted by atomic mass is 10.1. The van der Waals surface area contributed by atoms with E-state index in [0.717, 1.165) is 22.0 Å². The van der Waals surface area contributed by atoms with Crippen LogP contribution in [0.4, 0.5) is 5.69 Å². The molecular formula is C27H20N2O4S2. The highest BCUT2D eigenvalue weighted by Crippen LogP contribution is 2.29. The van der Waals surface area contributed by atoms with Crippen LogP contribution < -0.4 is 9.50 Å². The van der Waals surface area contributed by atoms with Crippen LogP contribution in [0.3, 0.4) is 0 Å². The number of hydrogen-bond acceptors (Lipinski definition) is 6. The van der Waals surface area contributed by atoms with E-state index < -0.39 is 10.1 Å². The van der Waals surface area contributed by atoms with E-state index in [1.165, 1.54) is 17.8 Å². The van der Waals surface area contributed by atoms with Gasteiger partial charge in [0, 0.05) is 0 Å². The first-order valence-electron chi connectivity index (χ1n) is 10.8. The zero-order valence-corrected chi connectivity index (χ0v) is 20.3. The number of nitrogens with zero attached hydrogens (tertiary/aromatic N) is 1. The van der Waals surface area contributed by atoms with E-state index in [1.54, 1.807) is 42.5 Å². The summed E-state index contributed by atoms with van der Waals surface area (Å²) in [5.41, 5.74) is 2.50. The molecule has 35 heavy (non-hydrogen) atoms. The van der Waals surface area contributed by atoms with Crippen molar-refractivity contribution in [3.63, 3.8) is 0 Å². The number of amidine groups is 1. The molecular weight excluding hydrogens is 480 g/mol. The first-order valence-corrected chi connectivity index (χ1v) is 13.0. The molecule has 6 nitrogen and oxygen atoms in total. The molecule has 1 saturated heterocycles. The van der Waals surface area contributed by atoms with Crippen molar-refractivity contribution in [2.24, 2.45) is 4.99 Å². The summed E-state index contributed by atoms with van der Waals surface area (Å²) in [6, 6.07) is 26.6. The Labute approximate surface area is 207 Å². The van der Waals surface area contributed by atoms with Crippen molar-refractivity contribution in [1.82, 2.24) is 5.32 Å². The van der Waals surface area contributed by atoms with E-state index in [0.29, 0.717) is 15.6 Å². The minimum Gasteiger partial charge on any atom is -0.379 e. The van der Waals surface area contributed by atoms with E-state index in [-0.39, 0.29) is 16.6 Å². The molecule has 0 aromatic heterocycles. The molecule has 1 aliphatic heterocycles. The van der Waals surface area contributed by atoms with E-state index >= 15 is 0 Å². The van der Waals surface area contributed by atoms with Gasteiger partial charge in [0.15, 0.2) is 5.17 Å². The SMILES string of the molecule is Cc1ccc(N=C2NC(=O)/C(=C/c3cccc(OS(=O)(=O)c4ccc5ccccc5c4)c3)S2)cc1. The van der Waals surface area contributed by atoms with Gasteiger partial charge in [-0.25, -0.2) is 4.99 Å². The molecule has 5 rings (SSSR count). The van der Waals surface area contributed by atoms with Gasteiger partial charge in [0.25, 0.3) is 5.91 Å². The second-order valence-corrected chi connectivity index (χ2v) is 10.5. The molecule has 1 N–H and O–H groups in total. The number of aliphatic imine (C=N–C) groups is 1. The molecule has 0 atom stereocenters. The van der Waals surface area contributed by atoms with E-state index in [1.807, 2.05) is 55.5 Å². The summed E-state index contributed by atoms with van der Waals surface area (Å²) in [4.78, 5) is 17.4.